The molecule has 0 spiro atoms. The highest BCUT2D eigenvalue weighted by molar-refractivity contribution is 5.49. The van der Waals surface area contributed by atoms with E-state index < -0.39 is 0 Å². The van der Waals surface area contributed by atoms with Crippen LogP contribution in [0.25, 0.3) is 0 Å². The molecule has 74 valence electrons. The third kappa shape index (κ3) is 1.48. The quantitative estimate of drug-likeness (QED) is 0.682. The molecule has 1 aliphatic rings. The third-order valence-corrected chi connectivity index (χ3v) is 2.47. The van der Waals surface area contributed by atoms with Crippen molar-refractivity contribution in [2.75, 3.05) is 13.2 Å². The molecule has 2 rings (SSSR count). The smallest absolute Gasteiger partial charge is 0.123 e. The predicted molar refractivity (Wildman–Crippen MR) is 56.1 cm³/mol. The van der Waals surface area contributed by atoms with Crippen LogP contribution in [0, 0.1) is 6.92 Å². The molecular weight excluding hydrogens is 176 g/mol. The number of benzene rings is 1. The Morgan fingerprint density at radius 3 is 3.21 bits per heavy atom. The fourth-order valence-corrected chi connectivity index (χ4v) is 1.72. The van der Waals surface area contributed by atoms with E-state index >= 15 is 0 Å². The lowest BCUT2D eigenvalue weighted by molar-refractivity contribution is 0.353. The SMILES string of the molecule is C=CCOc1ccc2c(c1C)CCO2. The van der Waals surface area contributed by atoms with Crippen molar-refractivity contribution in [1.29, 1.82) is 0 Å². The molecule has 0 saturated heterocycles. The van der Waals surface area contributed by atoms with Crippen molar-refractivity contribution >= 4 is 0 Å². The Morgan fingerprint density at radius 2 is 2.43 bits per heavy atom. The van der Waals surface area contributed by atoms with Crippen molar-refractivity contribution in [3.8, 4) is 11.5 Å². The Morgan fingerprint density at radius 1 is 1.57 bits per heavy atom. The first-order valence-corrected chi connectivity index (χ1v) is 4.82. The van der Waals surface area contributed by atoms with Crippen LogP contribution in [0.4, 0.5) is 0 Å². The lowest BCUT2D eigenvalue weighted by atomic mass is 10.1. The minimum absolute atomic E-state index is 0.556. The number of ether oxygens (including phenoxy) is 2. The van der Waals surface area contributed by atoms with Gasteiger partial charge in [0.05, 0.1) is 6.61 Å². The Hall–Kier alpha value is -1.44. The van der Waals surface area contributed by atoms with Crippen molar-refractivity contribution in [3.05, 3.63) is 35.9 Å². The van der Waals surface area contributed by atoms with Crippen LogP contribution < -0.4 is 9.47 Å². The van der Waals surface area contributed by atoms with Crippen LogP contribution in [0.1, 0.15) is 11.1 Å². The zero-order valence-corrected chi connectivity index (χ0v) is 8.38. The van der Waals surface area contributed by atoms with Crippen molar-refractivity contribution in [2.24, 2.45) is 0 Å². The van der Waals surface area contributed by atoms with Gasteiger partial charge in [-0.1, -0.05) is 12.7 Å². The molecule has 0 N–H and O–H groups in total. The summed E-state index contributed by atoms with van der Waals surface area (Å²) in [6.07, 6.45) is 2.75. The van der Waals surface area contributed by atoms with Crippen LogP contribution in [0.15, 0.2) is 24.8 Å². The Balaban J connectivity index is 2.30. The number of fused-ring (bicyclic) bond motifs is 1. The maximum absolute atomic E-state index is 5.54. The van der Waals surface area contributed by atoms with Gasteiger partial charge in [-0.05, 0) is 24.6 Å². The monoisotopic (exact) mass is 190 g/mol. The zero-order chi connectivity index (χ0) is 9.97. The van der Waals surface area contributed by atoms with Gasteiger partial charge in [0.1, 0.15) is 18.1 Å². The van der Waals surface area contributed by atoms with E-state index in [0.29, 0.717) is 6.61 Å². The summed E-state index contributed by atoms with van der Waals surface area (Å²) in [5.74, 6) is 1.95. The molecule has 0 unspecified atom stereocenters. The van der Waals surface area contributed by atoms with E-state index in [0.717, 1.165) is 24.5 Å². The molecule has 0 radical (unpaired) electrons. The minimum Gasteiger partial charge on any atom is -0.493 e. The molecule has 1 aliphatic heterocycles. The van der Waals surface area contributed by atoms with Crippen molar-refractivity contribution < 1.29 is 9.47 Å². The van der Waals surface area contributed by atoms with Gasteiger partial charge in [0, 0.05) is 12.0 Å². The fraction of sp³-hybridized carbons (Fsp3) is 0.333. The lowest BCUT2D eigenvalue weighted by Gasteiger charge is -2.09. The topological polar surface area (TPSA) is 18.5 Å². The summed E-state index contributed by atoms with van der Waals surface area (Å²) in [5, 5.41) is 0. The summed E-state index contributed by atoms with van der Waals surface area (Å²) in [7, 11) is 0. The first kappa shape index (κ1) is 9.13. The van der Waals surface area contributed by atoms with Gasteiger partial charge < -0.3 is 9.47 Å². The van der Waals surface area contributed by atoms with Gasteiger partial charge in [-0.25, -0.2) is 0 Å². The molecule has 1 aromatic carbocycles. The van der Waals surface area contributed by atoms with E-state index in [2.05, 4.69) is 13.5 Å². The Labute approximate surface area is 84.2 Å². The van der Waals surface area contributed by atoms with Gasteiger partial charge in [-0.15, -0.1) is 0 Å². The van der Waals surface area contributed by atoms with Gasteiger partial charge in [-0.2, -0.15) is 0 Å². The van der Waals surface area contributed by atoms with Crippen molar-refractivity contribution in [3.63, 3.8) is 0 Å². The first-order valence-electron chi connectivity index (χ1n) is 4.82. The molecule has 1 heterocycles. The van der Waals surface area contributed by atoms with E-state index in [4.69, 9.17) is 9.47 Å². The molecule has 0 atom stereocenters. The molecule has 2 nitrogen and oxygen atoms in total. The second-order valence-corrected chi connectivity index (χ2v) is 3.36. The third-order valence-electron chi connectivity index (χ3n) is 2.47. The van der Waals surface area contributed by atoms with Crippen LogP contribution in [0.5, 0.6) is 11.5 Å². The zero-order valence-electron chi connectivity index (χ0n) is 8.38. The summed E-state index contributed by atoms with van der Waals surface area (Å²) in [4.78, 5) is 0. The fourth-order valence-electron chi connectivity index (χ4n) is 1.72. The normalized spacial score (nSPS) is 13.2. The maximum atomic E-state index is 5.54. The van der Waals surface area contributed by atoms with E-state index in [1.54, 1.807) is 6.08 Å². The van der Waals surface area contributed by atoms with E-state index in [1.807, 2.05) is 12.1 Å². The second kappa shape index (κ2) is 3.74. The molecule has 0 amide bonds. The van der Waals surface area contributed by atoms with E-state index in [1.165, 1.54) is 11.1 Å². The van der Waals surface area contributed by atoms with Gasteiger partial charge >= 0.3 is 0 Å². The highest BCUT2D eigenvalue weighted by Gasteiger charge is 2.16. The maximum Gasteiger partial charge on any atom is 0.123 e. The van der Waals surface area contributed by atoms with E-state index in [-0.39, 0.29) is 0 Å². The van der Waals surface area contributed by atoms with Crippen molar-refractivity contribution in [1.82, 2.24) is 0 Å². The van der Waals surface area contributed by atoms with Crippen LogP contribution in [0.3, 0.4) is 0 Å². The first-order chi connectivity index (χ1) is 6.83. The number of rotatable bonds is 3. The highest BCUT2D eigenvalue weighted by Crippen LogP contribution is 2.33. The second-order valence-electron chi connectivity index (χ2n) is 3.36. The van der Waals surface area contributed by atoms with Crippen molar-refractivity contribution in [2.45, 2.75) is 13.3 Å². The highest BCUT2D eigenvalue weighted by atomic mass is 16.5. The van der Waals surface area contributed by atoms with Gasteiger partial charge in [0.2, 0.25) is 0 Å². The molecule has 14 heavy (non-hydrogen) atoms. The summed E-state index contributed by atoms with van der Waals surface area (Å²) >= 11 is 0. The minimum atomic E-state index is 0.556. The molecule has 1 aromatic rings. The molecular formula is C12H14O2. The summed E-state index contributed by atoms with van der Waals surface area (Å²) in [6, 6.07) is 3.94. The summed E-state index contributed by atoms with van der Waals surface area (Å²) in [6.45, 7) is 7.05. The van der Waals surface area contributed by atoms with Crippen LogP contribution in [-0.4, -0.2) is 13.2 Å². The standard InChI is InChI=1S/C12H14O2/c1-3-7-13-11-4-5-12-10(9(11)2)6-8-14-12/h3-5H,1,6-8H2,2H3. The molecule has 0 fully saturated rings. The van der Waals surface area contributed by atoms with Crippen LogP contribution in [0.2, 0.25) is 0 Å². The lowest BCUT2D eigenvalue weighted by Crippen LogP contribution is -1.96. The van der Waals surface area contributed by atoms with Gasteiger partial charge in [-0.3, -0.25) is 0 Å². The Kier molecular flexibility index (Phi) is 2.44. The largest absolute Gasteiger partial charge is 0.493 e. The molecule has 0 saturated carbocycles. The van der Waals surface area contributed by atoms with Gasteiger partial charge in [0.25, 0.3) is 0 Å². The molecule has 0 aliphatic carbocycles. The average Bonchev–Trinajstić information content (AvgIpc) is 2.66. The van der Waals surface area contributed by atoms with Gasteiger partial charge in [0.15, 0.2) is 0 Å². The number of hydrogen-bond acceptors (Lipinski definition) is 2. The van der Waals surface area contributed by atoms with E-state index in [9.17, 15) is 0 Å². The number of hydrogen-bond donors (Lipinski definition) is 0. The summed E-state index contributed by atoms with van der Waals surface area (Å²) < 4.78 is 11.0. The molecule has 0 aromatic heterocycles. The van der Waals surface area contributed by atoms with Crippen LogP contribution >= 0.6 is 0 Å². The molecule has 0 bridgehead atoms. The average molecular weight is 190 g/mol. The summed E-state index contributed by atoms with van der Waals surface area (Å²) in [5.41, 5.74) is 2.48. The predicted octanol–water partition coefficient (Wildman–Crippen LogP) is 2.49. The molecule has 2 heteroatoms. The van der Waals surface area contributed by atoms with Crippen LogP contribution in [-0.2, 0) is 6.42 Å². The Bertz CT molecular complexity index is 356.